The molecule has 0 aliphatic rings. The summed E-state index contributed by atoms with van der Waals surface area (Å²) in [6.45, 7) is 0.755. The molecule has 0 bridgehead atoms. The molecule has 2 amide bonds. The lowest BCUT2D eigenvalue weighted by Crippen LogP contribution is -2.42. The van der Waals surface area contributed by atoms with E-state index < -0.39 is 24.9 Å². The SMILES string of the molecule is Cc1cnc(NC(=O)NC[C@H](O)C(F)(F)F)cn1. The molecular formula is C9H11F3N4O2. The Bertz CT molecular complexity index is 407. The van der Waals surface area contributed by atoms with Crippen LogP contribution in [0.3, 0.4) is 0 Å². The number of urea groups is 1. The van der Waals surface area contributed by atoms with Crippen LogP contribution >= 0.6 is 0 Å². The zero-order valence-electron chi connectivity index (χ0n) is 9.32. The van der Waals surface area contributed by atoms with Gasteiger partial charge in [0.1, 0.15) is 0 Å². The Hall–Kier alpha value is -1.90. The van der Waals surface area contributed by atoms with E-state index in [0.29, 0.717) is 5.69 Å². The first-order chi connectivity index (χ1) is 8.29. The summed E-state index contributed by atoms with van der Waals surface area (Å²) in [5.41, 5.74) is 0.633. The molecular weight excluding hydrogens is 253 g/mol. The van der Waals surface area contributed by atoms with Crippen LogP contribution in [0.1, 0.15) is 5.69 Å². The average molecular weight is 264 g/mol. The molecule has 0 aliphatic heterocycles. The summed E-state index contributed by atoms with van der Waals surface area (Å²) < 4.78 is 35.8. The van der Waals surface area contributed by atoms with Crippen LogP contribution in [0.25, 0.3) is 0 Å². The summed E-state index contributed by atoms with van der Waals surface area (Å²) >= 11 is 0. The van der Waals surface area contributed by atoms with Crippen molar-refractivity contribution in [3.63, 3.8) is 0 Å². The number of aliphatic hydroxyl groups excluding tert-OH is 1. The highest BCUT2D eigenvalue weighted by molar-refractivity contribution is 5.87. The molecule has 0 saturated carbocycles. The van der Waals surface area contributed by atoms with Crippen molar-refractivity contribution < 1.29 is 23.1 Å². The minimum atomic E-state index is -4.77. The second kappa shape index (κ2) is 5.63. The van der Waals surface area contributed by atoms with Crippen LogP contribution in [-0.4, -0.2) is 39.9 Å². The lowest BCUT2D eigenvalue weighted by atomic mass is 10.3. The maximum Gasteiger partial charge on any atom is 0.416 e. The summed E-state index contributed by atoms with van der Waals surface area (Å²) in [5, 5.41) is 12.7. The third kappa shape index (κ3) is 4.53. The van der Waals surface area contributed by atoms with Gasteiger partial charge in [-0.15, -0.1) is 0 Å². The molecule has 0 aliphatic carbocycles. The maximum absolute atomic E-state index is 11.9. The molecule has 100 valence electrons. The van der Waals surface area contributed by atoms with Gasteiger partial charge in [0, 0.05) is 0 Å². The molecule has 1 aromatic heterocycles. The lowest BCUT2D eigenvalue weighted by molar-refractivity contribution is -0.201. The topological polar surface area (TPSA) is 87.1 Å². The molecule has 1 atom stereocenters. The van der Waals surface area contributed by atoms with Crippen LogP contribution < -0.4 is 10.6 Å². The molecule has 0 radical (unpaired) electrons. The van der Waals surface area contributed by atoms with E-state index in [4.69, 9.17) is 5.11 Å². The van der Waals surface area contributed by atoms with Gasteiger partial charge in [-0.3, -0.25) is 10.3 Å². The Morgan fingerprint density at radius 3 is 2.61 bits per heavy atom. The Labute approximate surface area is 100 Å². The molecule has 0 fully saturated rings. The van der Waals surface area contributed by atoms with Gasteiger partial charge in [0.25, 0.3) is 0 Å². The number of aryl methyl sites for hydroxylation is 1. The number of aromatic nitrogens is 2. The van der Waals surface area contributed by atoms with Crippen molar-refractivity contribution >= 4 is 11.8 Å². The molecule has 1 rings (SSSR count). The second-order valence-electron chi connectivity index (χ2n) is 3.44. The summed E-state index contributed by atoms with van der Waals surface area (Å²) in [6, 6.07) is -0.906. The summed E-state index contributed by atoms with van der Waals surface area (Å²) in [4.78, 5) is 18.8. The van der Waals surface area contributed by atoms with Crippen molar-refractivity contribution in [1.29, 1.82) is 0 Å². The third-order valence-corrected chi connectivity index (χ3v) is 1.86. The van der Waals surface area contributed by atoms with Gasteiger partial charge < -0.3 is 10.4 Å². The lowest BCUT2D eigenvalue weighted by Gasteiger charge is -2.15. The molecule has 0 spiro atoms. The number of hydrogen-bond acceptors (Lipinski definition) is 4. The van der Waals surface area contributed by atoms with Crippen molar-refractivity contribution in [2.75, 3.05) is 11.9 Å². The van der Waals surface area contributed by atoms with Crippen LogP contribution in [0.2, 0.25) is 0 Å². The average Bonchev–Trinajstić information content (AvgIpc) is 2.28. The van der Waals surface area contributed by atoms with Crippen molar-refractivity contribution in [2.45, 2.75) is 19.2 Å². The van der Waals surface area contributed by atoms with Crippen LogP contribution in [0, 0.1) is 6.92 Å². The highest BCUT2D eigenvalue weighted by Crippen LogP contribution is 2.19. The number of amides is 2. The summed E-state index contributed by atoms with van der Waals surface area (Å²) in [6.07, 6.45) is -4.72. The van der Waals surface area contributed by atoms with Gasteiger partial charge in [0.15, 0.2) is 11.9 Å². The third-order valence-electron chi connectivity index (χ3n) is 1.86. The summed E-state index contributed by atoms with van der Waals surface area (Å²) in [5.74, 6) is 0.0969. The number of anilines is 1. The van der Waals surface area contributed by atoms with Crippen molar-refractivity contribution in [1.82, 2.24) is 15.3 Å². The zero-order valence-corrected chi connectivity index (χ0v) is 9.32. The molecule has 9 heteroatoms. The van der Waals surface area contributed by atoms with E-state index in [1.165, 1.54) is 12.4 Å². The molecule has 0 aromatic carbocycles. The van der Waals surface area contributed by atoms with Crippen molar-refractivity contribution in [3.05, 3.63) is 18.1 Å². The van der Waals surface area contributed by atoms with E-state index in [9.17, 15) is 18.0 Å². The molecule has 1 aromatic rings. The normalized spacial score (nSPS) is 12.9. The number of hydrogen-bond donors (Lipinski definition) is 3. The molecule has 1 heterocycles. The van der Waals surface area contributed by atoms with Gasteiger partial charge in [-0.25, -0.2) is 9.78 Å². The first-order valence-corrected chi connectivity index (χ1v) is 4.87. The fourth-order valence-corrected chi connectivity index (χ4v) is 0.923. The number of alkyl halides is 3. The van der Waals surface area contributed by atoms with Gasteiger partial charge in [-0.1, -0.05) is 0 Å². The van der Waals surface area contributed by atoms with E-state index in [1.807, 2.05) is 5.32 Å². The number of carbonyl (C=O) groups is 1. The van der Waals surface area contributed by atoms with Crippen LogP contribution in [0.4, 0.5) is 23.8 Å². The van der Waals surface area contributed by atoms with E-state index in [0.717, 1.165) is 0 Å². The van der Waals surface area contributed by atoms with Crippen LogP contribution in [0.5, 0.6) is 0 Å². The van der Waals surface area contributed by atoms with Gasteiger partial charge in [-0.05, 0) is 6.92 Å². The highest BCUT2D eigenvalue weighted by atomic mass is 19.4. The smallest absolute Gasteiger partial charge is 0.382 e. The second-order valence-corrected chi connectivity index (χ2v) is 3.44. The predicted octanol–water partition coefficient (Wildman–Crippen LogP) is 0.830. The minimum Gasteiger partial charge on any atom is -0.382 e. The van der Waals surface area contributed by atoms with E-state index in [1.54, 1.807) is 6.92 Å². The maximum atomic E-state index is 11.9. The number of carbonyl (C=O) groups excluding carboxylic acids is 1. The molecule has 0 unspecified atom stereocenters. The molecule has 6 nitrogen and oxygen atoms in total. The largest absolute Gasteiger partial charge is 0.416 e. The molecule has 3 N–H and O–H groups in total. The Kier molecular flexibility index (Phi) is 4.43. The standard InChI is InChI=1S/C9H11F3N4O2/c1-5-2-14-7(4-13-5)16-8(18)15-3-6(17)9(10,11)12/h2,4,6,17H,3H2,1H3,(H2,14,15,16,18)/t6-/m0/s1. The monoisotopic (exact) mass is 264 g/mol. The number of halogens is 3. The highest BCUT2D eigenvalue weighted by Gasteiger charge is 2.38. The first kappa shape index (κ1) is 14.2. The number of rotatable bonds is 3. The van der Waals surface area contributed by atoms with Crippen LogP contribution in [0.15, 0.2) is 12.4 Å². The van der Waals surface area contributed by atoms with Gasteiger partial charge in [-0.2, -0.15) is 13.2 Å². The molecule has 0 saturated heterocycles. The minimum absolute atomic E-state index is 0.0969. The Morgan fingerprint density at radius 1 is 1.44 bits per heavy atom. The predicted molar refractivity (Wildman–Crippen MR) is 55.9 cm³/mol. The molecule has 18 heavy (non-hydrogen) atoms. The van der Waals surface area contributed by atoms with E-state index in [-0.39, 0.29) is 5.82 Å². The van der Waals surface area contributed by atoms with E-state index >= 15 is 0 Å². The fraction of sp³-hybridized carbons (Fsp3) is 0.444. The Morgan fingerprint density at radius 2 is 2.11 bits per heavy atom. The number of nitrogens with one attached hydrogen (secondary N) is 2. The first-order valence-electron chi connectivity index (χ1n) is 4.87. The van der Waals surface area contributed by atoms with Gasteiger partial charge >= 0.3 is 12.2 Å². The van der Waals surface area contributed by atoms with E-state index in [2.05, 4.69) is 15.3 Å². The van der Waals surface area contributed by atoms with Crippen molar-refractivity contribution in [2.24, 2.45) is 0 Å². The number of aliphatic hydroxyl groups is 1. The quantitative estimate of drug-likeness (QED) is 0.754. The van der Waals surface area contributed by atoms with Crippen LogP contribution in [-0.2, 0) is 0 Å². The van der Waals surface area contributed by atoms with Crippen molar-refractivity contribution in [3.8, 4) is 0 Å². The van der Waals surface area contributed by atoms with Gasteiger partial charge in [0.2, 0.25) is 0 Å². The number of nitrogens with zero attached hydrogens (tertiary/aromatic N) is 2. The summed E-state index contributed by atoms with van der Waals surface area (Å²) in [7, 11) is 0. The van der Waals surface area contributed by atoms with Gasteiger partial charge in [0.05, 0.1) is 24.6 Å². The Balaban J connectivity index is 2.41. The zero-order chi connectivity index (χ0) is 13.8. The fourth-order valence-electron chi connectivity index (χ4n) is 0.923.